The molecule has 0 radical (unpaired) electrons. The molecule has 0 fully saturated rings. The Hall–Kier alpha value is -1.61. The molecule has 0 aliphatic carbocycles. The van der Waals surface area contributed by atoms with Crippen molar-refractivity contribution in [3.8, 4) is 0 Å². The van der Waals surface area contributed by atoms with Crippen LogP contribution in [0.1, 0.15) is 22.5 Å². The van der Waals surface area contributed by atoms with E-state index in [4.69, 9.17) is 11.6 Å². The first-order chi connectivity index (χ1) is 8.29. The van der Waals surface area contributed by atoms with Crippen molar-refractivity contribution in [2.24, 2.45) is 0 Å². The monoisotopic (exact) mass is 248 g/mol. The molecule has 0 atom stereocenters. The number of imidazole rings is 1. The highest BCUT2D eigenvalue weighted by Gasteiger charge is 2.00. The van der Waals surface area contributed by atoms with Crippen LogP contribution < -0.4 is 0 Å². The lowest BCUT2D eigenvalue weighted by Gasteiger charge is -2.04. The minimum atomic E-state index is 0.626. The van der Waals surface area contributed by atoms with E-state index in [1.54, 1.807) is 12.5 Å². The molecule has 1 aromatic carbocycles. The fraction of sp³-hybridized carbons (Fsp3) is 0.231. The van der Waals surface area contributed by atoms with Gasteiger partial charge in [0.05, 0.1) is 12.5 Å². The molecule has 0 saturated heterocycles. The van der Waals surface area contributed by atoms with Crippen molar-refractivity contribution in [1.82, 2.24) is 9.55 Å². The normalized spacial score (nSPS) is 10.4. The Kier molecular flexibility index (Phi) is 3.94. The Balaban J connectivity index is 1.87. The van der Waals surface area contributed by atoms with Gasteiger partial charge in [-0.05, 0) is 30.5 Å². The highest BCUT2D eigenvalue weighted by Crippen LogP contribution is 2.11. The fourth-order valence-electron chi connectivity index (χ4n) is 1.72. The molecule has 0 aliphatic heterocycles. The Bertz CT molecular complexity index is 490. The summed E-state index contributed by atoms with van der Waals surface area (Å²) >= 11 is 5.82. The molecule has 0 N–H and O–H groups in total. The number of hydrogen-bond donors (Lipinski definition) is 0. The van der Waals surface area contributed by atoms with Crippen LogP contribution in [0, 0.1) is 0 Å². The van der Waals surface area contributed by atoms with Gasteiger partial charge >= 0.3 is 0 Å². The maximum atomic E-state index is 10.7. The molecule has 88 valence electrons. The molecule has 1 aromatic heterocycles. The van der Waals surface area contributed by atoms with Crippen LogP contribution in [0.15, 0.2) is 36.8 Å². The van der Waals surface area contributed by atoms with Crippen LogP contribution in [0.3, 0.4) is 0 Å². The van der Waals surface area contributed by atoms with Crippen LogP contribution in [-0.4, -0.2) is 15.8 Å². The molecule has 0 unspecified atom stereocenters. The van der Waals surface area contributed by atoms with Crippen LogP contribution in [-0.2, 0) is 13.0 Å². The highest BCUT2D eigenvalue weighted by molar-refractivity contribution is 6.30. The van der Waals surface area contributed by atoms with Crippen molar-refractivity contribution in [1.29, 1.82) is 0 Å². The third kappa shape index (κ3) is 3.17. The van der Waals surface area contributed by atoms with E-state index in [1.165, 1.54) is 5.56 Å². The molecule has 2 rings (SSSR count). The number of aldehydes is 1. The minimum Gasteiger partial charge on any atom is -0.328 e. The van der Waals surface area contributed by atoms with Crippen LogP contribution >= 0.6 is 11.6 Å². The van der Waals surface area contributed by atoms with Gasteiger partial charge in [0.1, 0.15) is 5.69 Å². The first-order valence-corrected chi connectivity index (χ1v) is 5.87. The summed E-state index contributed by atoms with van der Waals surface area (Å²) in [5.41, 5.74) is 1.88. The number of benzene rings is 1. The van der Waals surface area contributed by atoms with E-state index in [9.17, 15) is 4.79 Å². The van der Waals surface area contributed by atoms with Crippen molar-refractivity contribution in [3.05, 3.63) is 53.1 Å². The molecule has 1 heterocycles. The number of hydrogen-bond acceptors (Lipinski definition) is 2. The van der Waals surface area contributed by atoms with Crippen LogP contribution in [0.5, 0.6) is 0 Å². The molecule has 0 spiro atoms. The van der Waals surface area contributed by atoms with E-state index < -0.39 is 0 Å². The lowest BCUT2D eigenvalue weighted by Crippen LogP contribution is -2.02. The SMILES string of the molecule is O=Cc1cncn1CCCc1ccc(Cl)cc1. The van der Waals surface area contributed by atoms with Gasteiger partial charge in [0.15, 0.2) is 6.29 Å². The molecule has 4 heteroatoms. The molecular weight excluding hydrogens is 236 g/mol. The Morgan fingerprint density at radius 2 is 2.06 bits per heavy atom. The maximum absolute atomic E-state index is 10.7. The van der Waals surface area contributed by atoms with Crippen LogP contribution in [0.4, 0.5) is 0 Å². The van der Waals surface area contributed by atoms with E-state index in [2.05, 4.69) is 4.98 Å². The summed E-state index contributed by atoms with van der Waals surface area (Å²) in [5.74, 6) is 0. The summed E-state index contributed by atoms with van der Waals surface area (Å²) in [5, 5.41) is 0.756. The topological polar surface area (TPSA) is 34.9 Å². The number of carbonyl (C=O) groups is 1. The quantitative estimate of drug-likeness (QED) is 0.763. The molecule has 0 bridgehead atoms. The van der Waals surface area contributed by atoms with Gasteiger partial charge in [-0.1, -0.05) is 23.7 Å². The first-order valence-electron chi connectivity index (χ1n) is 5.49. The molecule has 0 amide bonds. The maximum Gasteiger partial charge on any atom is 0.168 e. The van der Waals surface area contributed by atoms with Gasteiger partial charge < -0.3 is 4.57 Å². The van der Waals surface area contributed by atoms with Gasteiger partial charge in [-0.25, -0.2) is 4.98 Å². The minimum absolute atomic E-state index is 0.626. The standard InChI is InChI=1S/C13H13ClN2O/c14-12-5-3-11(4-6-12)2-1-7-16-10-15-8-13(16)9-17/h3-6,8-10H,1-2,7H2. The Morgan fingerprint density at radius 1 is 1.29 bits per heavy atom. The number of aromatic nitrogens is 2. The zero-order valence-corrected chi connectivity index (χ0v) is 10.1. The third-order valence-electron chi connectivity index (χ3n) is 2.64. The highest BCUT2D eigenvalue weighted by atomic mass is 35.5. The summed E-state index contributed by atoms with van der Waals surface area (Å²) in [6, 6.07) is 7.84. The summed E-state index contributed by atoms with van der Waals surface area (Å²) in [6.07, 6.45) is 6.03. The van der Waals surface area contributed by atoms with Crippen molar-refractivity contribution in [2.75, 3.05) is 0 Å². The number of aryl methyl sites for hydroxylation is 2. The average Bonchev–Trinajstić information content (AvgIpc) is 2.79. The van der Waals surface area contributed by atoms with Gasteiger partial charge in [0.2, 0.25) is 0 Å². The van der Waals surface area contributed by atoms with Crippen LogP contribution in [0.2, 0.25) is 5.02 Å². The number of nitrogens with zero attached hydrogens (tertiary/aromatic N) is 2. The molecule has 17 heavy (non-hydrogen) atoms. The van der Waals surface area contributed by atoms with Gasteiger partial charge in [0.25, 0.3) is 0 Å². The Labute approximate surface area is 105 Å². The zero-order valence-electron chi connectivity index (χ0n) is 9.34. The predicted molar refractivity (Wildman–Crippen MR) is 67.4 cm³/mol. The van der Waals surface area contributed by atoms with E-state index in [0.29, 0.717) is 5.69 Å². The summed E-state index contributed by atoms with van der Waals surface area (Å²) in [7, 11) is 0. The van der Waals surface area contributed by atoms with Crippen molar-refractivity contribution in [2.45, 2.75) is 19.4 Å². The lowest BCUT2D eigenvalue weighted by atomic mass is 10.1. The second-order valence-corrected chi connectivity index (χ2v) is 4.30. The van der Waals surface area contributed by atoms with Gasteiger partial charge in [-0.2, -0.15) is 0 Å². The smallest absolute Gasteiger partial charge is 0.168 e. The lowest BCUT2D eigenvalue weighted by molar-refractivity contribution is 0.111. The molecule has 0 aliphatic rings. The fourth-order valence-corrected chi connectivity index (χ4v) is 1.85. The van der Waals surface area contributed by atoms with Crippen molar-refractivity contribution in [3.63, 3.8) is 0 Å². The van der Waals surface area contributed by atoms with Gasteiger partial charge in [0, 0.05) is 11.6 Å². The van der Waals surface area contributed by atoms with Gasteiger partial charge in [-0.3, -0.25) is 4.79 Å². The summed E-state index contributed by atoms with van der Waals surface area (Å²) in [4.78, 5) is 14.6. The van der Waals surface area contributed by atoms with E-state index in [0.717, 1.165) is 30.7 Å². The largest absolute Gasteiger partial charge is 0.328 e. The molecule has 0 saturated carbocycles. The van der Waals surface area contributed by atoms with E-state index in [-0.39, 0.29) is 0 Å². The first kappa shape index (κ1) is 11.9. The Morgan fingerprint density at radius 3 is 2.76 bits per heavy atom. The summed E-state index contributed by atoms with van der Waals surface area (Å²) < 4.78 is 1.86. The molecule has 2 aromatic rings. The third-order valence-corrected chi connectivity index (χ3v) is 2.89. The zero-order chi connectivity index (χ0) is 12.1. The van der Waals surface area contributed by atoms with Crippen LogP contribution in [0.25, 0.3) is 0 Å². The average molecular weight is 249 g/mol. The van der Waals surface area contributed by atoms with Gasteiger partial charge in [-0.15, -0.1) is 0 Å². The predicted octanol–water partition coefficient (Wildman–Crippen LogP) is 2.98. The number of carbonyl (C=O) groups excluding carboxylic acids is 1. The number of rotatable bonds is 5. The molecular formula is C13H13ClN2O. The van der Waals surface area contributed by atoms with Crippen molar-refractivity contribution >= 4 is 17.9 Å². The second kappa shape index (κ2) is 5.64. The van der Waals surface area contributed by atoms with E-state index >= 15 is 0 Å². The second-order valence-electron chi connectivity index (χ2n) is 3.86. The van der Waals surface area contributed by atoms with E-state index in [1.807, 2.05) is 28.8 Å². The summed E-state index contributed by atoms with van der Waals surface area (Å²) in [6.45, 7) is 0.802. The number of halogens is 1. The van der Waals surface area contributed by atoms with Crippen molar-refractivity contribution < 1.29 is 4.79 Å². The molecule has 3 nitrogen and oxygen atoms in total.